The van der Waals surface area contributed by atoms with Crippen molar-refractivity contribution >= 4 is 17.5 Å². The minimum absolute atomic E-state index is 0.171. The lowest BCUT2D eigenvalue weighted by Crippen LogP contribution is -2.43. The Bertz CT molecular complexity index is 878. The lowest BCUT2D eigenvalue weighted by atomic mass is 10.1. The van der Waals surface area contributed by atoms with Crippen LogP contribution in [0.1, 0.15) is 38.2 Å². The smallest absolute Gasteiger partial charge is 0.251 e. The molecule has 0 N–H and O–H groups in total. The maximum absolute atomic E-state index is 13.2. The molecule has 1 aliphatic carbocycles. The molecule has 1 saturated heterocycles. The second kappa shape index (κ2) is 8.33. The number of rotatable bonds is 8. The molecule has 2 aromatic rings. The first-order valence-corrected chi connectivity index (χ1v) is 10.2. The molecule has 1 atom stereocenters. The van der Waals surface area contributed by atoms with Gasteiger partial charge in [-0.1, -0.05) is 19.1 Å². The lowest BCUT2D eigenvalue weighted by molar-refractivity contribution is -0.123. The Labute approximate surface area is 170 Å². The summed E-state index contributed by atoms with van der Waals surface area (Å²) in [5, 5.41) is 0. The van der Waals surface area contributed by atoms with Gasteiger partial charge in [0.25, 0.3) is 5.91 Å². The van der Waals surface area contributed by atoms with E-state index in [1.807, 2.05) is 6.92 Å². The zero-order chi connectivity index (χ0) is 20.4. The molecule has 1 saturated carbocycles. The van der Waals surface area contributed by atoms with Crippen LogP contribution in [0, 0.1) is 5.82 Å². The number of carbonyl (C=O) groups excluding carboxylic acids is 2. The monoisotopic (exact) mass is 396 g/mol. The normalized spacial score (nSPS) is 19.3. The Hall–Kier alpha value is -2.73. The number of benzene rings is 2. The summed E-state index contributed by atoms with van der Waals surface area (Å²) in [6.45, 7) is 3.20. The second-order valence-corrected chi connectivity index (χ2v) is 7.66. The van der Waals surface area contributed by atoms with Crippen molar-refractivity contribution in [1.82, 2.24) is 4.90 Å². The Balaban J connectivity index is 1.50. The zero-order valence-corrected chi connectivity index (χ0v) is 16.5. The summed E-state index contributed by atoms with van der Waals surface area (Å²) in [4.78, 5) is 29.2. The van der Waals surface area contributed by atoms with Crippen LogP contribution in [0.3, 0.4) is 0 Å². The summed E-state index contributed by atoms with van der Waals surface area (Å²) in [5.41, 5.74) is 1.51. The first kappa shape index (κ1) is 19.6. The van der Waals surface area contributed by atoms with Gasteiger partial charge in [-0.05, 0) is 61.2 Å². The van der Waals surface area contributed by atoms with Crippen molar-refractivity contribution in [3.63, 3.8) is 0 Å². The Morgan fingerprint density at radius 1 is 1.07 bits per heavy atom. The van der Waals surface area contributed by atoms with Crippen molar-refractivity contribution in [3.05, 3.63) is 59.9 Å². The van der Waals surface area contributed by atoms with Crippen LogP contribution in [0.15, 0.2) is 48.5 Å². The van der Waals surface area contributed by atoms with Gasteiger partial charge in [-0.3, -0.25) is 14.5 Å². The number of ether oxygens (including phenoxy) is 1. The fourth-order valence-electron chi connectivity index (χ4n) is 3.76. The quantitative estimate of drug-likeness (QED) is 0.635. The van der Waals surface area contributed by atoms with E-state index in [9.17, 15) is 14.0 Å². The molecule has 1 heterocycles. The predicted molar refractivity (Wildman–Crippen MR) is 108 cm³/mol. The van der Waals surface area contributed by atoms with Crippen LogP contribution in [-0.2, 0) is 16.1 Å². The summed E-state index contributed by atoms with van der Waals surface area (Å²) < 4.78 is 18.8. The van der Waals surface area contributed by atoms with Gasteiger partial charge < -0.3 is 4.74 Å². The number of hydrogen-bond donors (Lipinski definition) is 0. The molecular formula is C23H25FN2O3. The number of amides is 2. The highest BCUT2D eigenvalue weighted by Crippen LogP contribution is 2.35. The molecule has 2 aliphatic rings. The second-order valence-electron chi connectivity index (χ2n) is 7.66. The topological polar surface area (TPSA) is 49.9 Å². The maximum Gasteiger partial charge on any atom is 0.251 e. The number of imide groups is 1. The third kappa shape index (κ3) is 4.32. The third-order valence-electron chi connectivity index (χ3n) is 5.39. The molecular weight excluding hydrogens is 371 g/mol. The molecule has 1 unspecified atom stereocenters. The summed E-state index contributed by atoms with van der Waals surface area (Å²) in [7, 11) is 0. The van der Waals surface area contributed by atoms with Crippen molar-refractivity contribution < 1.29 is 18.7 Å². The molecule has 0 radical (unpaired) electrons. The molecule has 2 fully saturated rings. The van der Waals surface area contributed by atoms with Gasteiger partial charge in [0.2, 0.25) is 5.91 Å². The molecule has 4 rings (SSSR count). The fourth-order valence-corrected chi connectivity index (χ4v) is 3.76. The van der Waals surface area contributed by atoms with Crippen molar-refractivity contribution in [3.8, 4) is 5.75 Å². The molecule has 29 heavy (non-hydrogen) atoms. The Kier molecular flexibility index (Phi) is 5.62. The molecule has 2 aromatic carbocycles. The number of halogens is 1. The SMILES string of the molecule is CCCOc1ccc(N2C(=O)CC(N(Cc3ccc(F)cc3)C3CC3)C2=O)cc1. The van der Waals surface area contributed by atoms with Gasteiger partial charge in [0.1, 0.15) is 11.6 Å². The molecule has 5 nitrogen and oxygen atoms in total. The van der Waals surface area contributed by atoms with Gasteiger partial charge in [0.05, 0.1) is 24.8 Å². The van der Waals surface area contributed by atoms with Crippen molar-refractivity contribution in [2.24, 2.45) is 0 Å². The zero-order valence-electron chi connectivity index (χ0n) is 16.5. The van der Waals surface area contributed by atoms with Crippen LogP contribution < -0.4 is 9.64 Å². The van der Waals surface area contributed by atoms with E-state index in [1.54, 1.807) is 36.4 Å². The van der Waals surface area contributed by atoms with Crippen LogP contribution >= 0.6 is 0 Å². The van der Waals surface area contributed by atoms with E-state index in [2.05, 4.69) is 4.90 Å². The minimum atomic E-state index is -0.476. The van der Waals surface area contributed by atoms with E-state index < -0.39 is 6.04 Å². The standard InChI is InChI=1S/C23H25FN2O3/c1-2-13-29-20-11-9-19(10-12-20)26-22(27)14-21(23(26)28)25(18-7-8-18)15-16-3-5-17(24)6-4-16/h3-6,9-12,18,21H,2,7-8,13-15H2,1H3. The van der Waals surface area contributed by atoms with Gasteiger partial charge >= 0.3 is 0 Å². The van der Waals surface area contributed by atoms with Crippen LogP contribution in [0.5, 0.6) is 5.75 Å². The van der Waals surface area contributed by atoms with Crippen molar-refractivity contribution in [2.75, 3.05) is 11.5 Å². The lowest BCUT2D eigenvalue weighted by Gasteiger charge is -2.27. The summed E-state index contributed by atoms with van der Waals surface area (Å²) in [5.74, 6) is 0.0664. The maximum atomic E-state index is 13.2. The summed E-state index contributed by atoms with van der Waals surface area (Å²) in [6.07, 6.45) is 3.12. The third-order valence-corrected chi connectivity index (χ3v) is 5.39. The molecule has 6 heteroatoms. The van der Waals surface area contributed by atoms with Crippen molar-refractivity contribution in [1.29, 1.82) is 0 Å². The van der Waals surface area contributed by atoms with Gasteiger partial charge in [-0.15, -0.1) is 0 Å². The van der Waals surface area contributed by atoms with E-state index in [0.717, 1.165) is 30.6 Å². The molecule has 0 aromatic heterocycles. The number of anilines is 1. The number of nitrogens with zero attached hydrogens (tertiary/aromatic N) is 2. The predicted octanol–water partition coefficient (Wildman–Crippen LogP) is 3.91. The summed E-state index contributed by atoms with van der Waals surface area (Å²) >= 11 is 0. The van der Waals surface area contributed by atoms with Gasteiger partial charge in [-0.2, -0.15) is 0 Å². The average molecular weight is 396 g/mol. The highest BCUT2D eigenvalue weighted by atomic mass is 19.1. The minimum Gasteiger partial charge on any atom is -0.494 e. The van der Waals surface area contributed by atoms with E-state index >= 15 is 0 Å². The molecule has 152 valence electrons. The molecule has 2 amide bonds. The van der Waals surface area contributed by atoms with Gasteiger partial charge in [0, 0.05) is 12.6 Å². The fraction of sp³-hybridized carbons (Fsp3) is 0.391. The number of carbonyl (C=O) groups is 2. The van der Waals surface area contributed by atoms with E-state index in [-0.39, 0.29) is 24.1 Å². The van der Waals surface area contributed by atoms with Crippen molar-refractivity contribution in [2.45, 2.75) is 51.2 Å². The first-order valence-electron chi connectivity index (χ1n) is 10.2. The first-order chi connectivity index (χ1) is 14.1. The Morgan fingerprint density at radius 2 is 1.76 bits per heavy atom. The van der Waals surface area contributed by atoms with E-state index in [1.165, 1.54) is 17.0 Å². The highest BCUT2D eigenvalue weighted by Gasteiger charge is 2.46. The van der Waals surface area contributed by atoms with Crippen LogP contribution in [0.25, 0.3) is 0 Å². The van der Waals surface area contributed by atoms with E-state index in [4.69, 9.17) is 4.74 Å². The van der Waals surface area contributed by atoms with Gasteiger partial charge in [0.15, 0.2) is 0 Å². The highest BCUT2D eigenvalue weighted by molar-refractivity contribution is 6.22. The van der Waals surface area contributed by atoms with E-state index in [0.29, 0.717) is 24.9 Å². The Morgan fingerprint density at radius 3 is 2.38 bits per heavy atom. The largest absolute Gasteiger partial charge is 0.494 e. The molecule has 1 aliphatic heterocycles. The molecule has 0 bridgehead atoms. The van der Waals surface area contributed by atoms with Crippen LogP contribution in [0.4, 0.5) is 10.1 Å². The van der Waals surface area contributed by atoms with Crippen LogP contribution in [-0.4, -0.2) is 35.4 Å². The summed E-state index contributed by atoms with van der Waals surface area (Å²) in [6, 6.07) is 13.2. The number of hydrogen-bond acceptors (Lipinski definition) is 4. The molecule has 0 spiro atoms. The van der Waals surface area contributed by atoms with Gasteiger partial charge in [-0.25, -0.2) is 9.29 Å². The van der Waals surface area contributed by atoms with Crippen LogP contribution in [0.2, 0.25) is 0 Å². The average Bonchev–Trinajstić information content (AvgIpc) is 3.52.